The Morgan fingerprint density at radius 2 is 0.841 bits per heavy atom. The zero-order chi connectivity index (χ0) is 43.1. The van der Waals surface area contributed by atoms with Gasteiger partial charge in [-0.2, -0.15) is 0 Å². The lowest BCUT2D eigenvalue weighted by molar-refractivity contribution is 1.18. The molecule has 9 heteroatoms. The first-order chi connectivity index (χ1) is 30.7. The molecule has 0 aliphatic rings. The fraction of sp³-hybridized carbons (Fsp3) is 0. The van der Waals surface area contributed by atoms with Crippen LogP contribution in [-0.4, -0.2) is 64.1 Å². The highest BCUT2D eigenvalue weighted by Gasteiger charge is 2.26. The van der Waals surface area contributed by atoms with Crippen LogP contribution in [0.2, 0.25) is 0 Å². The van der Waals surface area contributed by atoms with Gasteiger partial charge >= 0.3 is 0 Å². The van der Waals surface area contributed by atoms with E-state index in [9.17, 15) is 0 Å². The summed E-state index contributed by atoms with van der Waals surface area (Å²) in [6.07, 6.45) is 0. The zero-order valence-electron chi connectivity index (χ0n) is 34.2. The van der Waals surface area contributed by atoms with E-state index in [2.05, 4.69) is 126 Å². The molecule has 63 heavy (non-hydrogen) atoms. The quantitative estimate of drug-likeness (QED) is 0.181. The molecular weight excluding hydrogens is 752 g/mol. The summed E-state index contributed by atoms with van der Waals surface area (Å²) in [6, 6.07) is 60.5. The average molecular weight is 782 g/mol. The van der Waals surface area contributed by atoms with Crippen LogP contribution in [0.5, 0.6) is 0 Å². The molecule has 11 aromatic rings. The molecule has 9 aromatic carbocycles. The lowest BCUT2D eigenvalue weighted by Gasteiger charge is -2.20. The number of benzene rings is 9. The molecule has 0 amide bonds. The molecule has 2 heterocycles. The number of rotatable bonds is 6. The van der Waals surface area contributed by atoms with Crippen LogP contribution in [0, 0.1) is 0 Å². The Bertz CT molecular complexity index is 3630. The predicted molar refractivity (Wildman–Crippen MR) is 275 cm³/mol. The van der Waals surface area contributed by atoms with E-state index in [0.717, 1.165) is 72.1 Å². The third kappa shape index (κ3) is 5.97. The Balaban J connectivity index is 1.22. The zero-order valence-corrected chi connectivity index (χ0v) is 34.2. The minimum Gasteiger partial charge on any atom is -0.310 e. The molecule has 0 fully saturated rings. The molecular formula is C54H29B7N2. The van der Waals surface area contributed by atoms with Crippen molar-refractivity contribution in [2.45, 2.75) is 0 Å². The van der Waals surface area contributed by atoms with Crippen molar-refractivity contribution in [1.29, 1.82) is 0 Å². The molecule has 0 aliphatic carbocycles. The highest BCUT2D eigenvalue weighted by atomic mass is 15.0. The highest BCUT2D eigenvalue weighted by molar-refractivity contribution is 6.69. The van der Waals surface area contributed by atoms with Crippen molar-refractivity contribution in [2.75, 3.05) is 0 Å². The van der Waals surface area contributed by atoms with Crippen molar-refractivity contribution < 1.29 is 0 Å². The fourth-order valence-corrected chi connectivity index (χ4v) is 9.57. The van der Waals surface area contributed by atoms with Crippen LogP contribution in [0.25, 0.3) is 99.5 Å². The predicted octanol–water partition coefficient (Wildman–Crippen LogP) is 6.11. The first kappa shape index (κ1) is 38.9. The molecule has 276 valence electrons. The highest BCUT2D eigenvalue weighted by Crippen LogP contribution is 2.41. The van der Waals surface area contributed by atoms with Gasteiger partial charge in [-0.15, -0.1) is 10.9 Å². The lowest BCUT2D eigenvalue weighted by Crippen LogP contribution is -2.48. The second kappa shape index (κ2) is 15.1. The van der Waals surface area contributed by atoms with Crippen molar-refractivity contribution in [3.05, 3.63) is 176 Å². The average Bonchev–Trinajstić information content (AvgIpc) is 3.87. The third-order valence-corrected chi connectivity index (χ3v) is 12.5. The number of fused-ring (bicyclic) bond motifs is 6. The summed E-state index contributed by atoms with van der Waals surface area (Å²) < 4.78 is 4.33. The van der Waals surface area contributed by atoms with E-state index in [-0.39, 0.29) is 21.9 Å². The van der Waals surface area contributed by atoms with E-state index in [4.69, 9.17) is 54.9 Å². The minimum absolute atomic E-state index is 0.173. The standard InChI is InChI=1S/C54H29B7N2/c55-45-42(46(56)50(60)53-43(45)44-47(57)48(58)49(59)51(61)54(44)63(53)40-25-11-10-22-36(40)31-16-6-2-7-17-31)34-26-27-41-39(29-34)38-24-13-23-37(32-18-8-3-9-19-32)52(38)62(41)35-21-12-20-33(28-35)30-14-4-1-5-15-30/h1-29H. The van der Waals surface area contributed by atoms with E-state index in [0.29, 0.717) is 43.8 Å². The van der Waals surface area contributed by atoms with Crippen LogP contribution in [0.15, 0.2) is 176 Å². The van der Waals surface area contributed by atoms with Crippen LogP contribution < -0.4 is 38.2 Å². The smallest absolute Gasteiger partial charge is 0.115 e. The van der Waals surface area contributed by atoms with Crippen molar-refractivity contribution >= 4 is 137 Å². The lowest BCUT2D eigenvalue weighted by atomic mass is 9.64. The van der Waals surface area contributed by atoms with E-state index < -0.39 is 0 Å². The number of nitrogens with zero attached hydrogens (tertiary/aromatic N) is 2. The van der Waals surface area contributed by atoms with E-state index in [1.54, 1.807) is 0 Å². The van der Waals surface area contributed by atoms with E-state index in [1.165, 1.54) is 0 Å². The molecule has 0 unspecified atom stereocenters. The van der Waals surface area contributed by atoms with Gasteiger partial charge in [-0.25, -0.2) is 0 Å². The summed E-state index contributed by atoms with van der Waals surface area (Å²) in [7, 11) is 49.0. The molecule has 0 saturated carbocycles. The van der Waals surface area contributed by atoms with Gasteiger partial charge < -0.3 is 9.13 Å². The Labute approximate surface area is 375 Å². The van der Waals surface area contributed by atoms with Gasteiger partial charge in [0.25, 0.3) is 0 Å². The molecule has 0 aliphatic heterocycles. The van der Waals surface area contributed by atoms with Crippen LogP contribution in [0.3, 0.4) is 0 Å². The van der Waals surface area contributed by atoms with E-state index in [1.807, 2.05) is 59.2 Å². The molecule has 0 atom stereocenters. The largest absolute Gasteiger partial charge is 0.310 e. The van der Waals surface area contributed by atoms with Crippen LogP contribution >= 0.6 is 0 Å². The third-order valence-electron chi connectivity index (χ3n) is 12.5. The second-order valence-corrected chi connectivity index (χ2v) is 16.0. The molecule has 0 bridgehead atoms. The summed E-state index contributed by atoms with van der Waals surface area (Å²) in [4.78, 5) is 0. The maximum atomic E-state index is 7.44. The molecule has 11 rings (SSSR count). The fourth-order valence-electron chi connectivity index (χ4n) is 9.57. The Morgan fingerprint density at radius 1 is 0.302 bits per heavy atom. The van der Waals surface area contributed by atoms with Gasteiger partial charge in [-0.3, -0.25) is 0 Å². The first-order valence-corrected chi connectivity index (χ1v) is 20.7. The van der Waals surface area contributed by atoms with Crippen LogP contribution in [0.1, 0.15) is 0 Å². The topological polar surface area (TPSA) is 9.86 Å². The Kier molecular flexibility index (Phi) is 9.35. The van der Waals surface area contributed by atoms with Crippen molar-refractivity contribution in [1.82, 2.24) is 9.13 Å². The van der Waals surface area contributed by atoms with Gasteiger partial charge in [-0.1, -0.05) is 173 Å². The summed E-state index contributed by atoms with van der Waals surface area (Å²) in [6.45, 7) is 0. The molecule has 0 N–H and O–H groups in total. The maximum Gasteiger partial charge on any atom is 0.115 e. The van der Waals surface area contributed by atoms with Crippen molar-refractivity contribution in [3.63, 3.8) is 0 Å². The van der Waals surface area contributed by atoms with E-state index >= 15 is 0 Å². The number of hydrogen-bond acceptors (Lipinski definition) is 0. The molecule has 0 saturated heterocycles. The summed E-state index contributed by atoms with van der Waals surface area (Å²) in [5.74, 6) is 0. The monoisotopic (exact) mass is 782 g/mol. The summed E-state index contributed by atoms with van der Waals surface area (Å²) in [5.41, 5.74) is 14.7. The number of hydrogen-bond donors (Lipinski definition) is 0. The second-order valence-electron chi connectivity index (χ2n) is 16.0. The van der Waals surface area contributed by atoms with Gasteiger partial charge in [0.05, 0.1) is 16.7 Å². The molecule has 0 spiro atoms. The normalized spacial score (nSPS) is 11.6. The first-order valence-electron chi connectivity index (χ1n) is 20.7. The summed E-state index contributed by atoms with van der Waals surface area (Å²) in [5, 5.41) is 3.21. The molecule has 2 aromatic heterocycles. The van der Waals surface area contributed by atoms with Crippen LogP contribution in [-0.2, 0) is 0 Å². The van der Waals surface area contributed by atoms with Gasteiger partial charge in [-0.05, 0) is 69.1 Å². The Morgan fingerprint density at radius 3 is 1.54 bits per heavy atom. The number of para-hydroxylation sites is 2. The van der Waals surface area contributed by atoms with Gasteiger partial charge in [0, 0.05) is 44.0 Å². The Hall–Kier alpha value is -6.97. The van der Waals surface area contributed by atoms with Crippen molar-refractivity contribution in [2.24, 2.45) is 0 Å². The van der Waals surface area contributed by atoms with Crippen molar-refractivity contribution in [3.8, 4) is 55.9 Å². The van der Waals surface area contributed by atoms with Gasteiger partial charge in [0.2, 0.25) is 0 Å². The SMILES string of the molecule is [B]c1c([B])c([B])c2c(c1[B])c1c([B])c(-c3ccc4c(c3)c3cccc(-c5ccccc5)c3n4-c3cccc(-c4ccccc4)c3)c([B])c([B])c1n2-c1ccccc1-c1ccccc1. The molecule has 14 radical (unpaired) electrons. The summed E-state index contributed by atoms with van der Waals surface area (Å²) >= 11 is 0. The maximum absolute atomic E-state index is 7.44. The molecule has 2 nitrogen and oxygen atoms in total. The van der Waals surface area contributed by atoms with Crippen LogP contribution in [0.4, 0.5) is 0 Å². The van der Waals surface area contributed by atoms with Gasteiger partial charge in [0.1, 0.15) is 54.9 Å². The van der Waals surface area contributed by atoms with Gasteiger partial charge in [0.15, 0.2) is 0 Å². The number of aromatic nitrogens is 2. The minimum atomic E-state index is 0.173.